The summed E-state index contributed by atoms with van der Waals surface area (Å²) < 4.78 is 0. The van der Waals surface area contributed by atoms with Gasteiger partial charge in [-0.3, -0.25) is 15.0 Å². The molecule has 0 aromatic heterocycles. The Kier molecular flexibility index (Phi) is 6.68. The second kappa shape index (κ2) is 7.78. The van der Waals surface area contributed by atoms with E-state index < -0.39 is 4.92 Å². The first-order chi connectivity index (χ1) is 9.08. The minimum atomic E-state index is -0.456. The molecule has 1 heterocycles. The van der Waals surface area contributed by atoms with E-state index in [1.54, 1.807) is 12.1 Å². The van der Waals surface area contributed by atoms with Crippen LogP contribution in [0, 0.1) is 10.1 Å². The molecule has 0 spiro atoms. The van der Waals surface area contributed by atoms with Gasteiger partial charge in [0.15, 0.2) is 0 Å². The van der Waals surface area contributed by atoms with Gasteiger partial charge in [-0.1, -0.05) is 17.7 Å². The summed E-state index contributed by atoms with van der Waals surface area (Å²) in [6, 6.07) is 5.52. The van der Waals surface area contributed by atoms with Gasteiger partial charge in [-0.05, 0) is 44.6 Å². The topological polar surface area (TPSA) is 58.4 Å². The Morgan fingerprint density at radius 2 is 2.10 bits per heavy atom. The van der Waals surface area contributed by atoms with Gasteiger partial charge in [-0.2, -0.15) is 0 Å². The Morgan fingerprint density at radius 1 is 1.45 bits per heavy atom. The van der Waals surface area contributed by atoms with Crippen molar-refractivity contribution in [1.29, 1.82) is 0 Å². The standard InChI is InChI=1S/C13H18ClN3O2.ClH/c1-16(11-4-6-15-7-5-11)9-10-2-3-13(17(18)19)12(14)8-10;/h2-3,8,11,15H,4-7,9H2,1H3;1H. The van der Waals surface area contributed by atoms with E-state index in [4.69, 9.17) is 11.6 Å². The summed E-state index contributed by atoms with van der Waals surface area (Å²) in [5, 5.41) is 14.3. The highest BCUT2D eigenvalue weighted by Crippen LogP contribution is 2.26. The lowest BCUT2D eigenvalue weighted by Crippen LogP contribution is -2.40. The number of rotatable bonds is 4. The Morgan fingerprint density at radius 3 is 2.65 bits per heavy atom. The molecule has 1 aromatic rings. The maximum absolute atomic E-state index is 10.7. The maximum atomic E-state index is 10.7. The molecule has 2 rings (SSSR count). The number of nitro groups is 1. The lowest BCUT2D eigenvalue weighted by atomic mass is 10.0. The second-order valence-corrected chi connectivity index (χ2v) is 5.35. The van der Waals surface area contributed by atoms with Crippen molar-refractivity contribution >= 4 is 29.7 Å². The van der Waals surface area contributed by atoms with Gasteiger partial charge in [0.25, 0.3) is 5.69 Å². The first-order valence-electron chi connectivity index (χ1n) is 6.41. The van der Waals surface area contributed by atoms with Crippen LogP contribution in [0.3, 0.4) is 0 Å². The molecule has 7 heteroatoms. The summed E-state index contributed by atoms with van der Waals surface area (Å²) in [5.74, 6) is 0. The van der Waals surface area contributed by atoms with Gasteiger partial charge < -0.3 is 5.32 Å². The van der Waals surface area contributed by atoms with E-state index >= 15 is 0 Å². The van der Waals surface area contributed by atoms with Gasteiger partial charge in [0.1, 0.15) is 5.02 Å². The number of hydrogen-bond donors (Lipinski definition) is 1. The van der Waals surface area contributed by atoms with Crippen molar-refractivity contribution in [2.45, 2.75) is 25.4 Å². The molecule has 1 N–H and O–H groups in total. The van der Waals surface area contributed by atoms with Crippen LogP contribution in [-0.4, -0.2) is 36.0 Å². The van der Waals surface area contributed by atoms with Crippen LogP contribution in [-0.2, 0) is 6.54 Å². The van der Waals surface area contributed by atoms with Crippen LogP contribution in [0.25, 0.3) is 0 Å². The van der Waals surface area contributed by atoms with E-state index in [0.717, 1.165) is 38.0 Å². The van der Waals surface area contributed by atoms with Crippen LogP contribution < -0.4 is 5.32 Å². The molecule has 0 radical (unpaired) electrons. The summed E-state index contributed by atoms with van der Waals surface area (Å²) >= 11 is 5.92. The van der Waals surface area contributed by atoms with Gasteiger partial charge in [0, 0.05) is 18.7 Å². The third-order valence-electron chi connectivity index (χ3n) is 3.57. The normalized spacial score (nSPS) is 15.9. The lowest BCUT2D eigenvalue weighted by Gasteiger charge is -2.31. The molecule has 5 nitrogen and oxygen atoms in total. The molecule has 0 bridgehead atoms. The molecule has 0 aliphatic carbocycles. The van der Waals surface area contributed by atoms with Gasteiger partial charge in [-0.25, -0.2) is 0 Å². The van der Waals surface area contributed by atoms with Crippen LogP contribution in [0.4, 0.5) is 5.69 Å². The van der Waals surface area contributed by atoms with Gasteiger partial charge in [0.2, 0.25) is 0 Å². The minimum absolute atomic E-state index is 0. The maximum Gasteiger partial charge on any atom is 0.287 e. The predicted molar refractivity (Wildman–Crippen MR) is 82.7 cm³/mol. The summed E-state index contributed by atoms with van der Waals surface area (Å²) in [5.41, 5.74) is 0.978. The van der Waals surface area contributed by atoms with Crippen molar-refractivity contribution in [2.75, 3.05) is 20.1 Å². The molecule has 1 aliphatic heterocycles. The average molecular weight is 320 g/mol. The number of nitro benzene ring substituents is 1. The third kappa shape index (κ3) is 4.31. The number of halogens is 2. The molecule has 20 heavy (non-hydrogen) atoms. The summed E-state index contributed by atoms with van der Waals surface area (Å²) in [6.07, 6.45) is 2.27. The van der Waals surface area contributed by atoms with Gasteiger partial charge in [-0.15, -0.1) is 12.4 Å². The summed E-state index contributed by atoms with van der Waals surface area (Å²) in [4.78, 5) is 12.5. The highest BCUT2D eigenvalue weighted by atomic mass is 35.5. The number of hydrogen-bond acceptors (Lipinski definition) is 4. The van der Waals surface area contributed by atoms with E-state index in [2.05, 4.69) is 17.3 Å². The molecular formula is C13H19Cl2N3O2. The van der Waals surface area contributed by atoms with Crippen LogP contribution >= 0.6 is 24.0 Å². The smallest absolute Gasteiger partial charge is 0.287 e. The Bertz CT molecular complexity index is 465. The highest BCUT2D eigenvalue weighted by Gasteiger charge is 2.19. The number of nitrogens with one attached hydrogen (secondary N) is 1. The molecule has 1 aliphatic rings. The Labute approximate surface area is 129 Å². The summed E-state index contributed by atoms with van der Waals surface area (Å²) in [6.45, 7) is 2.87. The van der Waals surface area contributed by atoms with Crippen LogP contribution in [0.1, 0.15) is 18.4 Å². The molecule has 1 fully saturated rings. The molecule has 1 aromatic carbocycles. The SMILES string of the molecule is CN(Cc1ccc([N+](=O)[O-])c(Cl)c1)C1CCNCC1.Cl. The molecular weight excluding hydrogens is 301 g/mol. The number of nitrogens with zero attached hydrogens (tertiary/aromatic N) is 2. The molecule has 112 valence electrons. The molecule has 0 unspecified atom stereocenters. The number of piperidine rings is 1. The lowest BCUT2D eigenvalue weighted by molar-refractivity contribution is -0.384. The van der Waals surface area contributed by atoms with E-state index in [1.165, 1.54) is 6.07 Å². The molecule has 0 atom stereocenters. The fraction of sp³-hybridized carbons (Fsp3) is 0.538. The van der Waals surface area contributed by atoms with Gasteiger partial charge in [0.05, 0.1) is 4.92 Å². The zero-order chi connectivity index (χ0) is 13.8. The second-order valence-electron chi connectivity index (χ2n) is 4.94. The van der Waals surface area contributed by atoms with Gasteiger partial charge >= 0.3 is 0 Å². The van der Waals surface area contributed by atoms with Crippen molar-refractivity contribution in [1.82, 2.24) is 10.2 Å². The molecule has 0 amide bonds. The quantitative estimate of drug-likeness (QED) is 0.684. The number of benzene rings is 1. The Hall–Kier alpha value is -0.880. The van der Waals surface area contributed by atoms with Crippen LogP contribution in [0.2, 0.25) is 5.02 Å². The molecule has 1 saturated heterocycles. The fourth-order valence-corrected chi connectivity index (χ4v) is 2.73. The fourth-order valence-electron chi connectivity index (χ4n) is 2.46. The van der Waals surface area contributed by atoms with Crippen molar-refractivity contribution in [2.24, 2.45) is 0 Å². The van der Waals surface area contributed by atoms with E-state index in [-0.39, 0.29) is 23.1 Å². The van der Waals surface area contributed by atoms with E-state index in [0.29, 0.717) is 6.04 Å². The first-order valence-corrected chi connectivity index (χ1v) is 6.79. The van der Waals surface area contributed by atoms with Crippen LogP contribution in [0.5, 0.6) is 0 Å². The zero-order valence-electron chi connectivity index (χ0n) is 11.3. The van der Waals surface area contributed by atoms with Crippen molar-refractivity contribution < 1.29 is 4.92 Å². The highest BCUT2D eigenvalue weighted by molar-refractivity contribution is 6.32. The largest absolute Gasteiger partial charge is 0.317 e. The average Bonchev–Trinajstić information content (AvgIpc) is 2.39. The van der Waals surface area contributed by atoms with E-state index in [1.807, 2.05) is 0 Å². The van der Waals surface area contributed by atoms with Crippen LogP contribution in [0.15, 0.2) is 18.2 Å². The zero-order valence-corrected chi connectivity index (χ0v) is 12.9. The summed E-state index contributed by atoms with van der Waals surface area (Å²) in [7, 11) is 2.09. The van der Waals surface area contributed by atoms with Crippen molar-refractivity contribution in [3.8, 4) is 0 Å². The van der Waals surface area contributed by atoms with E-state index in [9.17, 15) is 10.1 Å². The first kappa shape index (κ1) is 17.2. The van der Waals surface area contributed by atoms with Crippen molar-refractivity contribution in [3.63, 3.8) is 0 Å². The molecule has 0 saturated carbocycles. The minimum Gasteiger partial charge on any atom is -0.317 e. The Balaban J connectivity index is 0.00000200. The van der Waals surface area contributed by atoms with Crippen molar-refractivity contribution in [3.05, 3.63) is 38.9 Å². The predicted octanol–water partition coefficient (Wildman–Crippen LogP) is 2.85. The monoisotopic (exact) mass is 319 g/mol. The third-order valence-corrected chi connectivity index (χ3v) is 3.88.